The number of hydrogen-bond donors (Lipinski definition) is 1. The summed E-state index contributed by atoms with van der Waals surface area (Å²) in [4.78, 5) is 29.7. The Bertz CT molecular complexity index is 1720. The lowest BCUT2D eigenvalue weighted by Crippen LogP contribution is -2.53. The summed E-state index contributed by atoms with van der Waals surface area (Å²) < 4.78 is 30.0. The summed E-state index contributed by atoms with van der Waals surface area (Å²) in [5.74, 6) is -0.928. The van der Waals surface area contributed by atoms with Gasteiger partial charge in [-0.1, -0.05) is 100 Å². The molecular formula is C34H34BrCl2N3O4S. The summed E-state index contributed by atoms with van der Waals surface area (Å²) >= 11 is 16.1. The van der Waals surface area contributed by atoms with Crippen LogP contribution in [0.3, 0.4) is 0 Å². The fraction of sp³-hybridized carbons (Fsp3) is 0.235. The van der Waals surface area contributed by atoms with E-state index in [-0.39, 0.29) is 23.8 Å². The van der Waals surface area contributed by atoms with E-state index in [1.165, 1.54) is 17.0 Å². The molecule has 0 heterocycles. The highest BCUT2D eigenvalue weighted by molar-refractivity contribution is 9.10. The van der Waals surface area contributed by atoms with E-state index < -0.39 is 28.5 Å². The molecule has 0 saturated carbocycles. The van der Waals surface area contributed by atoms with E-state index in [0.717, 1.165) is 19.9 Å². The number of amides is 2. The largest absolute Gasteiger partial charge is 0.354 e. The minimum Gasteiger partial charge on any atom is -0.354 e. The quantitative estimate of drug-likeness (QED) is 0.155. The fourth-order valence-electron chi connectivity index (χ4n) is 4.73. The van der Waals surface area contributed by atoms with Gasteiger partial charge in [0.25, 0.3) is 10.0 Å². The zero-order valence-corrected chi connectivity index (χ0v) is 28.8. The van der Waals surface area contributed by atoms with E-state index in [1.54, 1.807) is 54.6 Å². The Hall–Kier alpha value is -3.37. The molecule has 0 radical (unpaired) electrons. The first-order chi connectivity index (χ1) is 21.5. The van der Waals surface area contributed by atoms with Crippen LogP contribution in [0.1, 0.15) is 30.0 Å². The Balaban J connectivity index is 1.81. The normalized spacial score (nSPS) is 11.9. The number of nitrogens with one attached hydrogen (secondary N) is 1. The van der Waals surface area contributed by atoms with Crippen LogP contribution < -0.4 is 9.62 Å². The Morgan fingerprint density at radius 1 is 0.911 bits per heavy atom. The molecule has 2 amide bonds. The van der Waals surface area contributed by atoms with E-state index in [4.69, 9.17) is 23.2 Å². The molecule has 1 N–H and O–H groups in total. The highest BCUT2D eigenvalue weighted by atomic mass is 79.9. The monoisotopic (exact) mass is 729 g/mol. The van der Waals surface area contributed by atoms with Crippen molar-refractivity contribution in [2.24, 2.45) is 0 Å². The van der Waals surface area contributed by atoms with E-state index in [0.29, 0.717) is 34.3 Å². The van der Waals surface area contributed by atoms with Crippen molar-refractivity contribution in [3.05, 3.63) is 128 Å². The smallest absolute Gasteiger partial charge is 0.264 e. The number of anilines is 1. The molecule has 45 heavy (non-hydrogen) atoms. The van der Waals surface area contributed by atoms with Crippen molar-refractivity contribution in [3.8, 4) is 0 Å². The molecule has 0 aromatic heterocycles. The molecule has 11 heteroatoms. The van der Waals surface area contributed by atoms with E-state index in [9.17, 15) is 18.0 Å². The summed E-state index contributed by atoms with van der Waals surface area (Å²) in [6, 6.07) is 26.4. The maximum Gasteiger partial charge on any atom is 0.264 e. The topological polar surface area (TPSA) is 86.8 Å². The predicted molar refractivity (Wildman–Crippen MR) is 184 cm³/mol. The van der Waals surface area contributed by atoms with Gasteiger partial charge in [0.2, 0.25) is 11.8 Å². The van der Waals surface area contributed by atoms with E-state index >= 15 is 0 Å². The first-order valence-corrected chi connectivity index (χ1v) is 17.4. The molecule has 0 aliphatic carbocycles. The second-order valence-corrected chi connectivity index (χ2v) is 14.2. The first kappa shape index (κ1) is 34.5. The highest BCUT2D eigenvalue weighted by Gasteiger charge is 2.34. The van der Waals surface area contributed by atoms with Crippen LogP contribution in [0.5, 0.6) is 0 Å². The van der Waals surface area contributed by atoms with Crippen LogP contribution >= 0.6 is 39.1 Å². The molecule has 4 rings (SSSR count). The predicted octanol–water partition coefficient (Wildman–Crippen LogP) is 7.43. The van der Waals surface area contributed by atoms with Gasteiger partial charge in [-0.05, 0) is 73.0 Å². The van der Waals surface area contributed by atoms with Crippen LogP contribution in [0, 0.1) is 6.92 Å². The number of halogens is 3. The van der Waals surface area contributed by atoms with Gasteiger partial charge in [0.1, 0.15) is 12.6 Å². The molecule has 0 aliphatic rings. The Morgan fingerprint density at radius 3 is 2.20 bits per heavy atom. The van der Waals surface area contributed by atoms with Crippen LogP contribution in [-0.4, -0.2) is 44.3 Å². The lowest BCUT2D eigenvalue weighted by molar-refractivity contribution is -0.140. The SMILES string of the molecule is CCCNC(=O)C(Cc1ccccc1)N(Cc1ccc(Cl)cc1Cl)C(=O)CN(c1ccc(Br)cc1)S(=O)(=O)c1ccc(C)cc1. The number of aryl methyl sites for hydroxylation is 1. The molecule has 0 fully saturated rings. The summed E-state index contributed by atoms with van der Waals surface area (Å²) in [5.41, 5.74) is 2.60. The summed E-state index contributed by atoms with van der Waals surface area (Å²) in [7, 11) is -4.19. The van der Waals surface area contributed by atoms with Crippen LogP contribution in [0.25, 0.3) is 0 Å². The van der Waals surface area contributed by atoms with Crippen LogP contribution in [-0.2, 0) is 32.6 Å². The Kier molecular flexibility index (Phi) is 12.1. The van der Waals surface area contributed by atoms with Gasteiger partial charge in [0, 0.05) is 34.0 Å². The summed E-state index contributed by atoms with van der Waals surface area (Å²) in [6.45, 7) is 3.61. The second-order valence-electron chi connectivity index (χ2n) is 10.6. The molecule has 1 atom stereocenters. The van der Waals surface area contributed by atoms with Gasteiger partial charge in [-0.15, -0.1) is 0 Å². The number of rotatable bonds is 13. The lowest BCUT2D eigenvalue weighted by Gasteiger charge is -2.34. The van der Waals surface area contributed by atoms with Crippen molar-refractivity contribution < 1.29 is 18.0 Å². The van der Waals surface area contributed by atoms with Gasteiger partial charge in [-0.3, -0.25) is 13.9 Å². The van der Waals surface area contributed by atoms with Gasteiger partial charge in [0.05, 0.1) is 10.6 Å². The molecule has 0 aliphatic heterocycles. The summed E-state index contributed by atoms with van der Waals surface area (Å²) in [5, 5.41) is 3.67. The first-order valence-electron chi connectivity index (χ1n) is 14.4. The zero-order valence-electron chi connectivity index (χ0n) is 24.9. The van der Waals surface area contributed by atoms with Gasteiger partial charge >= 0.3 is 0 Å². The molecule has 0 spiro atoms. The molecule has 236 valence electrons. The van der Waals surface area contributed by atoms with Gasteiger partial charge in [-0.25, -0.2) is 8.42 Å². The Morgan fingerprint density at radius 2 is 1.58 bits per heavy atom. The third-order valence-electron chi connectivity index (χ3n) is 7.18. The number of carbonyl (C=O) groups excluding carboxylic acids is 2. The van der Waals surface area contributed by atoms with Crippen molar-refractivity contribution in [2.45, 2.75) is 44.2 Å². The molecule has 7 nitrogen and oxygen atoms in total. The molecule has 0 bridgehead atoms. The molecule has 0 saturated heterocycles. The van der Waals surface area contributed by atoms with Crippen LogP contribution in [0.4, 0.5) is 5.69 Å². The molecular weight excluding hydrogens is 697 g/mol. The van der Waals surface area contributed by atoms with Gasteiger partial charge in [-0.2, -0.15) is 0 Å². The fourth-order valence-corrected chi connectivity index (χ4v) is 6.87. The van der Waals surface area contributed by atoms with Gasteiger partial charge in [0.15, 0.2) is 0 Å². The van der Waals surface area contributed by atoms with Crippen molar-refractivity contribution in [1.82, 2.24) is 10.2 Å². The minimum atomic E-state index is -4.19. The number of carbonyl (C=O) groups is 2. The number of nitrogens with zero attached hydrogens (tertiary/aromatic N) is 2. The number of benzene rings is 4. The van der Waals surface area contributed by atoms with E-state index in [1.807, 2.05) is 44.2 Å². The van der Waals surface area contributed by atoms with Crippen LogP contribution in [0.15, 0.2) is 106 Å². The Labute approximate surface area is 283 Å². The third-order valence-corrected chi connectivity index (χ3v) is 10.1. The minimum absolute atomic E-state index is 0.0395. The van der Waals surface area contributed by atoms with Crippen LogP contribution in [0.2, 0.25) is 10.0 Å². The maximum atomic E-state index is 14.5. The van der Waals surface area contributed by atoms with Crippen molar-refractivity contribution in [2.75, 3.05) is 17.4 Å². The van der Waals surface area contributed by atoms with Gasteiger partial charge < -0.3 is 10.2 Å². The summed E-state index contributed by atoms with van der Waals surface area (Å²) in [6.07, 6.45) is 0.906. The average Bonchev–Trinajstić information content (AvgIpc) is 3.02. The lowest BCUT2D eigenvalue weighted by atomic mass is 10.0. The van der Waals surface area contributed by atoms with Crippen molar-refractivity contribution in [3.63, 3.8) is 0 Å². The number of sulfonamides is 1. The van der Waals surface area contributed by atoms with Crippen molar-refractivity contribution >= 4 is 66.7 Å². The molecule has 4 aromatic rings. The standard InChI is InChI=1S/C34H34BrCl2N3O4S/c1-3-19-38-34(42)32(20-25-7-5-4-6-8-25)39(22-26-11-14-28(36)21-31(26)37)33(41)23-40(29-15-12-27(35)13-16-29)45(43,44)30-17-9-24(2)10-18-30/h4-18,21,32H,3,19-20,22-23H2,1-2H3,(H,38,42). The third kappa shape index (κ3) is 9.10. The maximum absolute atomic E-state index is 14.5. The molecule has 4 aromatic carbocycles. The number of hydrogen-bond acceptors (Lipinski definition) is 4. The van der Waals surface area contributed by atoms with E-state index in [2.05, 4.69) is 21.2 Å². The second kappa shape index (κ2) is 15.8. The highest BCUT2D eigenvalue weighted by Crippen LogP contribution is 2.28. The molecule has 1 unspecified atom stereocenters. The van der Waals surface area contributed by atoms with Crippen molar-refractivity contribution in [1.29, 1.82) is 0 Å². The average molecular weight is 732 g/mol. The zero-order chi connectivity index (χ0) is 32.6.